The van der Waals surface area contributed by atoms with E-state index in [1.165, 1.54) is 6.20 Å². The van der Waals surface area contributed by atoms with Crippen LogP contribution in [0.25, 0.3) is 0 Å². The molecule has 1 atom stereocenters. The van der Waals surface area contributed by atoms with Gasteiger partial charge in [-0.1, -0.05) is 23.7 Å². The van der Waals surface area contributed by atoms with Crippen LogP contribution in [0.4, 0.5) is 5.95 Å². The Labute approximate surface area is 156 Å². The van der Waals surface area contributed by atoms with E-state index in [1.807, 2.05) is 24.3 Å². The zero-order valence-electron chi connectivity index (χ0n) is 14.2. The highest BCUT2D eigenvalue weighted by Gasteiger charge is 2.23. The number of nitrogens with zero attached hydrogens (tertiary/aromatic N) is 3. The van der Waals surface area contributed by atoms with Crippen molar-refractivity contribution >= 4 is 23.5 Å². The lowest BCUT2D eigenvalue weighted by atomic mass is 10.2. The maximum absolute atomic E-state index is 12.5. The largest absolute Gasteiger partial charge is 0.486 e. The van der Waals surface area contributed by atoms with Crippen LogP contribution in [0.1, 0.15) is 23.3 Å². The van der Waals surface area contributed by atoms with Gasteiger partial charge in [0.05, 0.1) is 17.8 Å². The Kier molecular flexibility index (Phi) is 4.79. The summed E-state index contributed by atoms with van der Waals surface area (Å²) >= 11 is 6.13. The molecule has 2 aliphatic heterocycles. The molecule has 2 aromatic rings. The number of hydrogen-bond acceptors (Lipinski definition) is 6. The Morgan fingerprint density at radius 3 is 2.85 bits per heavy atom. The van der Waals surface area contributed by atoms with Gasteiger partial charge in [-0.3, -0.25) is 4.79 Å². The summed E-state index contributed by atoms with van der Waals surface area (Å²) in [4.78, 5) is 23.2. The number of amides is 1. The lowest BCUT2D eigenvalue weighted by Crippen LogP contribution is -2.41. The third-order valence-corrected chi connectivity index (χ3v) is 4.67. The van der Waals surface area contributed by atoms with Crippen molar-refractivity contribution in [2.75, 3.05) is 31.1 Å². The Morgan fingerprint density at radius 1 is 1.27 bits per heavy atom. The van der Waals surface area contributed by atoms with Gasteiger partial charge in [-0.05, 0) is 25.0 Å². The number of benzene rings is 1. The molecule has 136 valence electrons. The van der Waals surface area contributed by atoms with Gasteiger partial charge in [-0.15, -0.1) is 0 Å². The molecule has 7 nitrogen and oxygen atoms in total. The van der Waals surface area contributed by atoms with Crippen molar-refractivity contribution in [1.29, 1.82) is 0 Å². The second-order valence-electron chi connectivity index (χ2n) is 6.27. The number of carbonyl (C=O) groups is 1. The predicted molar refractivity (Wildman–Crippen MR) is 97.2 cm³/mol. The number of carbonyl (C=O) groups excluding carboxylic acids is 1. The lowest BCUT2D eigenvalue weighted by molar-refractivity contribution is 0.0786. The summed E-state index contributed by atoms with van der Waals surface area (Å²) in [5.41, 5.74) is 0.181. The fourth-order valence-corrected chi connectivity index (χ4v) is 3.22. The number of hydrogen-bond donors (Lipinski definition) is 1. The first-order valence-corrected chi connectivity index (χ1v) is 9.02. The van der Waals surface area contributed by atoms with E-state index < -0.39 is 0 Å². The van der Waals surface area contributed by atoms with Crippen molar-refractivity contribution in [1.82, 2.24) is 15.3 Å². The van der Waals surface area contributed by atoms with Gasteiger partial charge in [-0.2, -0.15) is 0 Å². The fourth-order valence-electron chi connectivity index (χ4n) is 3.04. The van der Waals surface area contributed by atoms with Crippen LogP contribution >= 0.6 is 11.6 Å². The molecule has 0 radical (unpaired) electrons. The molecule has 1 saturated heterocycles. The second-order valence-corrected chi connectivity index (χ2v) is 6.68. The van der Waals surface area contributed by atoms with Crippen molar-refractivity contribution in [2.45, 2.75) is 18.9 Å². The number of para-hydroxylation sites is 2. The van der Waals surface area contributed by atoms with Crippen molar-refractivity contribution < 1.29 is 14.3 Å². The smallest absolute Gasteiger partial charge is 0.271 e. The maximum Gasteiger partial charge on any atom is 0.271 e. The van der Waals surface area contributed by atoms with Crippen LogP contribution in [0.3, 0.4) is 0 Å². The minimum atomic E-state index is -0.347. The fraction of sp³-hybridized carbons (Fsp3) is 0.389. The highest BCUT2D eigenvalue weighted by molar-refractivity contribution is 6.33. The van der Waals surface area contributed by atoms with E-state index in [4.69, 9.17) is 21.1 Å². The lowest BCUT2D eigenvalue weighted by Gasteiger charge is -2.26. The number of aromatic nitrogens is 2. The number of ether oxygens (including phenoxy) is 2. The van der Waals surface area contributed by atoms with E-state index in [9.17, 15) is 4.79 Å². The zero-order valence-corrected chi connectivity index (χ0v) is 14.9. The van der Waals surface area contributed by atoms with Crippen LogP contribution in [0.5, 0.6) is 11.5 Å². The number of nitrogens with one attached hydrogen (secondary N) is 1. The van der Waals surface area contributed by atoms with E-state index in [0.717, 1.165) is 25.9 Å². The van der Waals surface area contributed by atoms with Gasteiger partial charge >= 0.3 is 0 Å². The van der Waals surface area contributed by atoms with Gasteiger partial charge in [-0.25, -0.2) is 9.97 Å². The molecular weight excluding hydrogens is 356 g/mol. The average Bonchev–Trinajstić information content (AvgIpc) is 3.21. The predicted octanol–water partition coefficient (Wildman–Crippen LogP) is 2.30. The van der Waals surface area contributed by atoms with Gasteiger partial charge in [0.2, 0.25) is 5.95 Å². The summed E-state index contributed by atoms with van der Waals surface area (Å²) in [6, 6.07) is 7.46. The molecule has 1 N–H and O–H groups in total. The van der Waals surface area contributed by atoms with E-state index in [1.54, 1.807) is 0 Å². The monoisotopic (exact) mass is 374 g/mol. The first-order chi connectivity index (χ1) is 12.7. The van der Waals surface area contributed by atoms with E-state index in [-0.39, 0.29) is 22.7 Å². The minimum absolute atomic E-state index is 0.181. The molecule has 1 fully saturated rings. The Hall–Kier alpha value is -2.54. The van der Waals surface area contributed by atoms with Crippen LogP contribution in [-0.2, 0) is 0 Å². The molecule has 0 bridgehead atoms. The number of anilines is 1. The highest BCUT2D eigenvalue weighted by Crippen LogP contribution is 2.30. The van der Waals surface area contributed by atoms with Crippen molar-refractivity contribution in [3.63, 3.8) is 0 Å². The average molecular weight is 375 g/mol. The van der Waals surface area contributed by atoms with Gasteiger partial charge in [0, 0.05) is 13.1 Å². The van der Waals surface area contributed by atoms with Gasteiger partial charge in [0.25, 0.3) is 5.91 Å². The van der Waals surface area contributed by atoms with E-state index >= 15 is 0 Å². The highest BCUT2D eigenvalue weighted by atomic mass is 35.5. The number of fused-ring (bicyclic) bond motifs is 1. The molecule has 1 amide bonds. The molecule has 3 heterocycles. The first-order valence-electron chi connectivity index (χ1n) is 8.65. The van der Waals surface area contributed by atoms with Crippen molar-refractivity contribution in [2.24, 2.45) is 0 Å². The summed E-state index contributed by atoms with van der Waals surface area (Å²) in [6.45, 7) is 2.46. The van der Waals surface area contributed by atoms with Gasteiger partial charge in [0.15, 0.2) is 17.2 Å². The quantitative estimate of drug-likeness (QED) is 0.884. The molecule has 2 aliphatic rings. The molecule has 1 unspecified atom stereocenters. The Balaban J connectivity index is 1.40. The topological polar surface area (TPSA) is 76.6 Å². The Morgan fingerprint density at radius 2 is 2.04 bits per heavy atom. The van der Waals surface area contributed by atoms with Crippen LogP contribution in [-0.4, -0.2) is 48.2 Å². The summed E-state index contributed by atoms with van der Waals surface area (Å²) in [6.07, 6.45) is 3.42. The molecule has 0 aliphatic carbocycles. The van der Waals surface area contributed by atoms with E-state index in [0.29, 0.717) is 30.6 Å². The molecule has 8 heteroatoms. The van der Waals surface area contributed by atoms with Gasteiger partial charge < -0.3 is 19.7 Å². The Bertz CT molecular complexity index is 811. The van der Waals surface area contributed by atoms with Crippen LogP contribution in [0.15, 0.2) is 30.5 Å². The first kappa shape index (κ1) is 16.9. The third kappa shape index (κ3) is 3.53. The summed E-state index contributed by atoms with van der Waals surface area (Å²) < 4.78 is 11.5. The van der Waals surface area contributed by atoms with Crippen LogP contribution < -0.4 is 19.7 Å². The number of rotatable bonds is 4. The standard InChI is InChI=1S/C18H19ClN4O3/c19-13-10-21-18(23-7-3-4-8-23)22-16(13)17(24)20-9-12-11-25-14-5-1-2-6-15(14)26-12/h1-2,5-6,10,12H,3-4,7-9,11H2,(H,20,24). The van der Waals surface area contributed by atoms with E-state index in [2.05, 4.69) is 20.2 Å². The van der Waals surface area contributed by atoms with Crippen molar-refractivity contribution in [3.05, 3.63) is 41.2 Å². The molecule has 0 spiro atoms. The number of halogens is 1. The summed E-state index contributed by atoms with van der Waals surface area (Å²) in [5, 5.41) is 3.05. The van der Waals surface area contributed by atoms with Crippen LogP contribution in [0, 0.1) is 0 Å². The van der Waals surface area contributed by atoms with Crippen molar-refractivity contribution in [3.8, 4) is 11.5 Å². The zero-order chi connectivity index (χ0) is 17.9. The minimum Gasteiger partial charge on any atom is -0.486 e. The normalized spacial score (nSPS) is 18.7. The summed E-state index contributed by atoms with van der Waals surface area (Å²) in [5.74, 6) is 1.59. The molecular formula is C18H19ClN4O3. The van der Waals surface area contributed by atoms with Gasteiger partial charge in [0.1, 0.15) is 12.7 Å². The molecule has 1 aromatic heterocycles. The molecule has 4 rings (SSSR count). The molecule has 1 aromatic carbocycles. The maximum atomic E-state index is 12.5. The van der Waals surface area contributed by atoms with Crippen LogP contribution in [0.2, 0.25) is 5.02 Å². The molecule has 0 saturated carbocycles. The molecule has 26 heavy (non-hydrogen) atoms. The summed E-state index contributed by atoms with van der Waals surface area (Å²) in [7, 11) is 0. The SMILES string of the molecule is O=C(NCC1COc2ccccc2O1)c1nc(N2CCCC2)ncc1Cl. The third-order valence-electron chi connectivity index (χ3n) is 4.39. The second kappa shape index (κ2) is 7.37.